The lowest BCUT2D eigenvalue weighted by molar-refractivity contribution is 0.414. The fraction of sp³-hybridized carbons (Fsp3) is 0.200. The lowest BCUT2D eigenvalue weighted by atomic mass is 10.1. The minimum absolute atomic E-state index is 0.444. The number of aromatic nitrogens is 3. The molecule has 102 valence electrons. The summed E-state index contributed by atoms with van der Waals surface area (Å²) in [5.74, 6) is 1.62. The molecule has 5 nitrogen and oxygen atoms in total. The van der Waals surface area contributed by atoms with E-state index in [2.05, 4.69) is 10.1 Å². The average molecular weight is 268 g/mol. The smallest absolute Gasteiger partial charge is 0.156 e. The summed E-state index contributed by atoms with van der Waals surface area (Å²) < 4.78 is 7.03. The quantitative estimate of drug-likeness (QED) is 0.783. The number of fused-ring (bicyclic) bond motifs is 1. The van der Waals surface area contributed by atoms with Gasteiger partial charge in [0.15, 0.2) is 11.5 Å². The summed E-state index contributed by atoms with van der Waals surface area (Å²) in [6.07, 6.45) is 0.670. The highest BCUT2D eigenvalue weighted by atomic mass is 16.5. The molecule has 2 heterocycles. The molecule has 0 fully saturated rings. The zero-order valence-corrected chi connectivity index (χ0v) is 11.3. The van der Waals surface area contributed by atoms with Crippen molar-refractivity contribution in [3.05, 3.63) is 59.5 Å². The maximum Gasteiger partial charge on any atom is 0.156 e. The van der Waals surface area contributed by atoms with Gasteiger partial charge in [-0.15, -0.1) is 0 Å². The van der Waals surface area contributed by atoms with Crippen molar-refractivity contribution in [2.75, 3.05) is 7.11 Å². The highest BCUT2D eigenvalue weighted by Crippen LogP contribution is 2.15. The van der Waals surface area contributed by atoms with Crippen molar-refractivity contribution in [2.45, 2.75) is 13.0 Å². The molecule has 1 aromatic carbocycles. The van der Waals surface area contributed by atoms with Gasteiger partial charge in [-0.05, 0) is 29.8 Å². The Hall–Kier alpha value is -2.40. The summed E-state index contributed by atoms with van der Waals surface area (Å²) in [5, 5.41) is 4.52. The second-order valence-electron chi connectivity index (χ2n) is 4.55. The average Bonchev–Trinajstić information content (AvgIpc) is 2.89. The summed E-state index contributed by atoms with van der Waals surface area (Å²) in [6, 6.07) is 13.8. The minimum Gasteiger partial charge on any atom is -0.497 e. The lowest BCUT2D eigenvalue weighted by Gasteiger charge is -2.02. The number of rotatable bonds is 4. The third kappa shape index (κ3) is 2.35. The molecule has 3 rings (SSSR count). The summed E-state index contributed by atoms with van der Waals surface area (Å²) in [4.78, 5) is 4.53. The van der Waals surface area contributed by atoms with Gasteiger partial charge in [-0.3, -0.25) is 0 Å². The minimum atomic E-state index is 0.444. The molecule has 2 aromatic heterocycles. The van der Waals surface area contributed by atoms with Crippen LogP contribution in [0, 0.1) is 0 Å². The summed E-state index contributed by atoms with van der Waals surface area (Å²) >= 11 is 0. The number of methoxy groups -OCH3 is 1. The Morgan fingerprint density at radius 3 is 2.85 bits per heavy atom. The van der Waals surface area contributed by atoms with Crippen LogP contribution in [0.4, 0.5) is 0 Å². The van der Waals surface area contributed by atoms with E-state index < -0.39 is 0 Å². The van der Waals surface area contributed by atoms with Gasteiger partial charge >= 0.3 is 0 Å². The monoisotopic (exact) mass is 268 g/mol. The van der Waals surface area contributed by atoms with Crippen LogP contribution in [0.2, 0.25) is 0 Å². The third-order valence-electron chi connectivity index (χ3n) is 3.19. The van der Waals surface area contributed by atoms with Crippen LogP contribution < -0.4 is 10.5 Å². The number of pyridine rings is 1. The van der Waals surface area contributed by atoms with Gasteiger partial charge < -0.3 is 10.5 Å². The highest BCUT2D eigenvalue weighted by molar-refractivity contribution is 5.40. The van der Waals surface area contributed by atoms with E-state index in [1.165, 1.54) is 0 Å². The lowest BCUT2D eigenvalue weighted by Crippen LogP contribution is -2.04. The Balaban J connectivity index is 1.94. The molecular weight excluding hydrogens is 252 g/mol. The fourth-order valence-corrected chi connectivity index (χ4v) is 2.20. The van der Waals surface area contributed by atoms with Gasteiger partial charge in [0.2, 0.25) is 0 Å². The molecule has 0 amide bonds. The zero-order chi connectivity index (χ0) is 13.9. The largest absolute Gasteiger partial charge is 0.497 e. The zero-order valence-electron chi connectivity index (χ0n) is 11.3. The maximum atomic E-state index is 5.71. The van der Waals surface area contributed by atoms with E-state index in [-0.39, 0.29) is 0 Å². The third-order valence-corrected chi connectivity index (χ3v) is 3.19. The Bertz CT molecular complexity index is 736. The highest BCUT2D eigenvalue weighted by Gasteiger charge is 2.07. The van der Waals surface area contributed by atoms with Gasteiger partial charge in [0.1, 0.15) is 5.75 Å². The number of nitrogens with zero attached hydrogens (tertiary/aromatic N) is 3. The van der Waals surface area contributed by atoms with E-state index in [0.29, 0.717) is 13.0 Å². The van der Waals surface area contributed by atoms with Gasteiger partial charge in [0.05, 0.1) is 12.8 Å². The van der Waals surface area contributed by atoms with Gasteiger partial charge in [-0.25, -0.2) is 9.50 Å². The number of ether oxygens (including phenoxy) is 1. The maximum absolute atomic E-state index is 5.71. The Labute approximate surface area is 117 Å². The molecule has 0 unspecified atom stereocenters. The van der Waals surface area contributed by atoms with E-state index in [0.717, 1.165) is 28.5 Å². The van der Waals surface area contributed by atoms with Crippen molar-refractivity contribution < 1.29 is 4.74 Å². The first kappa shape index (κ1) is 12.6. The van der Waals surface area contributed by atoms with Crippen LogP contribution in [0.3, 0.4) is 0 Å². The molecule has 0 aliphatic rings. The second-order valence-corrected chi connectivity index (χ2v) is 4.55. The van der Waals surface area contributed by atoms with Gasteiger partial charge in [0.25, 0.3) is 0 Å². The number of hydrogen-bond acceptors (Lipinski definition) is 4. The van der Waals surface area contributed by atoms with Gasteiger partial charge in [0, 0.05) is 13.0 Å². The molecule has 0 saturated heterocycles. The molecule has 0 atom stereocenters. The molecule has 0 saturated carbocycles. The molecule has 0 radical (unpaired) electrons. The van der Waals surface area contributed by atoms with Crippen LogP contribution in [-0.4, -0.2) is 21.7 Å². The first-order chi connectivity index (χ1) is 9.80. The molecule has 0 bridgehead atoms. The van der Waals surface area contributed by atoms with Crippen molar-refractivity contribution in [3.63, 3.8) is 0 Å². The SMILES string of the molecule is COc1cccc(Cc2nc3cccc(CN)n3n2)c1. The van der Waals surface area contributed by atoms with Crippen LogP contribution >= 0.6 is 0 Å². The molecule has 5 heteroatoms. The molecule has 0 aliphatic heterocycles. The fourth-order valence-electron chi connectivity index (χ4n) is 2.20. The first-order valence-electron chi connectivity index (χ1n) is 6.46. The van der Waals surface area contributed by atoms with Crippen LogP contribution in [-0.2, 0) is 13.0 Å². The van der Waals surface area contributed by atoms with E-state index in [1.54, 1.807) is 11.6 Å². The van der Waals surface area contributed by atoms with Gasteiger partial charge in [-0.2, -0.15) is 5.10 Å². The summed E-state index contributed by atoms with van der Waals surface area (Å²) in [7, 11) is 1.66. The summed E-state index contributed by atoms with van der Waals surface area (Å²) in [5.41, 5.74) is 8.61. The predicted octanol–water partition coefficient (Wildman–Crippen LogP) is 1.79. The van der Waals surface area contributed by atoms with Crippen LogP contribution in [0.5, 0.6) is 5.75 Å². The standard InChI is InChI=1S/C15H16N4O/c1-20-13-6-2-4-11(8-13)9-14-17-15-7-3-5-12(10-16)19(15)18-14/h2-8H,9-10,16H2,1H3. The van der Waals surface area contributed by atoms with E-state index in [1.807, 2.05) is 42.5 Å². The normalized spacial score (nSPS) is 10.9. The molecular formula is C15H16N4O. The van der Waals surface area contributed by atoms with Crippen molar-refractivity contribution in [1.29, 1.82) is 0 Å². The molecule has 20 heavy (non-hydrogen) atoms. The topological polar surface area (TPSA) is 65.4 Å². The van der Waals surface area contributed by atoms with Crippen LogP contribution in [0.1, 0.15) is 17.1 Å². The second kappa shape index (κ2) is 5.30. The van der Waals surface area contributed by atoms with E-state index in [9.17, 15) is 0 Å². The molecule has 2 N–H and O–H groups in total. The molecule has 0 spiro atoms. The van der Waals surface area contributed by atoms with Crippen molar-refractivity contribution >= 4 is 5.65 Å². The van der Waals surface area contributed by atoms with Gasteiger partial charge in [-0.1, -0.05) is 18.2 Å². The van der Waals surface area contributed by atoms with Crippen molar-refractivity contribution in [3.8, 4) is 5.75 Å². The number of nitrogens with two attached hydrogens (primary N) is 1. The summed E-state index contributed by atoms with van der Waals surface area (Å²) in [6.45, 7) is 0.444. The first-order valence-corrected chi connectivity index (χ1v) is 6.46. The van der Waals surface area contributed by atoms with E-state index in [4.69, 9.17) is 10.5 Å². The van der Waals surface area contributed by atoms with E-state index >= 15 is 0 Å². The number of benzene rings is 1. The van der Waals surface area contributed by atoms with Crippen LogP contribution in [0.25, 0.3) is 5.65 Å². The Kier molecular flexibility index (Phi) is 3.35. The van der Waals surface area contributed by atoms with Crippen molar-refractivity contribution in [1.82, 2.24) is 14.6 Å². The predicted molar refractivity (Wildman–Crippen MR) is 76.7 cm³/mol. The van der Waals surface area contributed by atoms with Crippen LogP contribution in [0.15, 0.2) is 42.5 Å². The molecule has 0 aliphatic carbocycles. The Morgan fingerprint density at radius 1 is 1.20 bits per heavy atom. The Morgan fingerprint density at radius 2 is 2.05 bits per heavy atom. The number of hydrogen-bond donors (Lipinski definition) is 1. The van der Waals surface area contributed by atoms with Crippen molar-refractivity contribution in [2.24, 2.45) is 5.73 Å². The molecule has 3 aromatic rings.